The molecule has 0 unspecified atom stereocenters. The van der Waals surface area contributed by atoms with Crippen molar-refractivity contribution in [2.75, 3.05) is 34.3 Å². The van der Waals surface area contributed by atoms with Crippen LogP contribution in [0, 0.1) is 5.92 Å². The highest BCUT2D eigenvalue weighted by Gasteiger charge is 2.27. The number of carbonyl (C=O) groups is 1. The van der Waals surface area contributed by atoms with E-state index in [0.29, 0.717) is 12.3 Å². The normalized spacial score (nSPS) is 27.4. The van der Waals surface area contributed by atoms with Crippen LogP contribution in [0.2, 0.25) is 0 Å². The quantitative estimate of drug-likeness (QED) is 0.702. The average molecular weight is 200 g/mol. The lowest BCUT2D eigenvalue weighted by Gasteiger charge is -2.31. The van der Waals surface area contributed by atoms with Gasteiger partial charge in [-0.2, -0.15) is 0 Å². The molecule has 1 fully saturated rings. The molecule has 0 spiro atoms. The number of amides is 1. The molecule has 4 heteroatoms. The van der Waals surface area contributed by atoms with E-state index >= 15 is 0 Å². The van der Waals surface area contributed by atoms with Crippen LogP contribution in [0.1, 0.15) is 12.8 Å². The number of ether oxygens (including phenoxy) is 1. The minimum absolute atomic E-state index is 0.181. The van der Waals surface area contributed by atoms with Crippen molar-refractivity contribution < 1.29 is 9.53 Å². The Morgan fingerprint density at radius 1 is 1.57 bits per heavy atom. The van der Waals surface area contributed by atoms with Gasteiger partial charge in [0.1, 0.15) is 0 Å². The predicted octanol–water partition coefficient (Wildman–Crippen LogP) is 0.0892. The van der Waals surface area contributed by atoms with E-state index in [9.17, 15) is 4.79 Å². The maximum atomic E-state index is 11.5. The minimum atomic E-state index is 0.181. The van der Waals surface area contributed by atoms with Crippen molar-refractivity contribution in [3.63, 3.8) is 0 Å². The van der Waals surface area contributed by atoms with Gasteiger partial charge in [-0.3, -0.25) is 4.79 Å². The third-order valence-electron chi connectivity index (χ3n) is 2.78. The molecule has 1 N–H and O–H groups in total. The number of piperidine rings is 1. The van der Waals surface area contributed by atoms with Crippen LogP contribution in [0.4, 0.5) is 0 Å². The Labute approximate surface area is 85.6 Å². The first kappa shape index (κ1) is 11.5. The second kappa shape index (κ2) is 5.32. The van der Waals surface area contributed by atoms with Gasteiger partial charge in [0.2, 0.25) is 5.91 Å². The van der Waals surface area contributed by atoms with Gasteiger partial charge in [-0.05, 0) is 13.0 Å². The summed E-state index contributed by atoms with van der Waals surface area (Å²) in [4.78, 5) is 13.2. The largest absolute Gasteiger partial charge is 0.381 e. The smallest absolute Gasteiger partial charge is 0.222 e. The van der Waals surface area contributed by atoms with E-state index in [4.69, 9.17) is 4.74 Å². The number of nitrogens with one attached hydrogen (secondary N) is 1. The first-order valence-electron chi connectivity index (χ1n) is 5.08. The number of rotatable bonds is 3. The summed E-state index contributed by atoms with van der Waals surface area (Å²) in [5, 5.41) is 3.29. The van der Waals surface area contributed by atoms with E-state index in [1.165, 1.54) is 0 Å². The van der Waals surface area contributed by atoms with Gasteiger partial charge < -0.3 is 15.0 Å². The molecule has 1 rings (SSSR count). The molecule has 1 amide bonds. The Hall–Kier alpha value is -0.610. The molecular formula is C10H20N2O2. The SMILES string of the molecule is CO[C@@H]1CCNC[C@H]1CC(=O)N(C)C. The molecule has 1 aliphatic heterocycles. The third kappa shape index (κ3) is 2.96. The van der Waals surface area contributed by atoms with Crippen molar-refractivity contribution in [3.05, 3.63) is 0 Å². The fourth-order valence-electron chi connectivity index (χ4n) is 1.82. The maximum absolute atomic E-state index is 11.5. The standard InChI is InChI=1S/C10H20N2O2/c1-12(2)10(13)6-8-7-11-5-4-9(8)14-3/h8-9,11H,4-7H2,1-3H3/t8-,9-/m1/s1. The zero-order valence-corrected chi connectivity index (χ0v) is 9.25. The molecule has 0 radical (unpaired) electrons. The fourth-order valence-corrected chi connectivity index (χ4v) is 1.82. The second-order valence-electron chi connectivity index (χ2n) is 4.02. The van der Waals surface area contributed by atoms with Gasteiger partial charge in [-0.25, -0.2) is 0 Å². The Morgan fingerprint density at radius 3 is 2.86 bits per heavy atom. The number of nitrogens with zero attached hydrogens (tertiary/aromatic N) is 1. The molecule has 0 bridgehead atoms. The highest BCUT2D eigenvalue weighted by atomic mass is 16.5. The Morgan fingerprint density at radius 2 is 2.29 bits per heavy atom. The Kier molecular flexibility index (Phi) is 4.35. The lowest BCUT2D eigenvalue weighted by Crippen LogP contribution is -2.43. The van der Waals surface area contributed by atoms with E-state index in [2.05, 4.69) is 5.32 Å². The van der Waals surface area contributed by atoms with Crippen LogP contribution < -0.4 is 5.32 Å². The van der Waals surface area contributed by atoms with Crippen LogP contribution in [0.25, 0.3) is 0 Å². The zero-order chi connectivity index (χ0) is 10.6. The molecule has 1 heterocycles. The van der Waals surface area contributed by atoms with Crippen LogP contribution in [0.15, 0.2) is 0 Å². The summed E-state index contributed by atoms with van der Waals surface area (Å²) in [6.45, 7) is 1.88. The van der Waals surface area contributed by atoms with Crippen molar-refractivity contribution in [1.29, 1.82) is 0 Å². The summed E-state index contributed by atoms with van der Waals surface area (Å²) < 4.78 is 5.37. The van der Waals surface area contributed by atoms with Gasteiger partial charge in [0.15, 0.2) is 0 Å². The molecule has 2 atom stereocenters. The van der Waals surface area contributed by atoms with Crippen molar-refractivity contribution in [2.24, 2.45) is 5.92 Å². The Balaban J connectivity index is 2.44. The van der Waals surface area contributed by atoms with E-state index in [1.54, 1.807) is 26.1 Å². The summed E-state index contributed by atoms with van der Waals surface area (Å²) in [6.07, 6.45) is 1.82. The topological polar surface area (TPSA) is 41.6 Å². The number of hydrogen-bond donors (Lipinski definition) is 1. The number of methoxy groups -OCH3 is 1. The van der Waals surface area contributed by atoms with Gasteiger partial charge in [-0.15, -0.1) is 0 Å². The van der Waals surface area contributed by atoms with Crippen molar-refractivity contribution in [1.82, 2.24) is 10.2 Å². The minimum Gasteiger partial charge on any atom is -0.381 e. The number of carbonyl (C=O) groups excluding carboxylic acids is 1. The van der Waals surface area contributed by atoms with Gasteiger partial charge in [0, 0.05) is 40.1 Å². The highest BCUT2D eigenvalue weighted by Crippen LogP contribution is 2.18. The summed E-state index contributed by atoms with van der Waals surface area (Å²) in [5.74, 6) is 0.504. The number of hydrogen-bond acceptors (Lipinski definition) is 3. The fraction of sp³-hybridized carbons (Fsp3) is 0.900. The zero-order valence-electron chi connectivity index (χ0n) is 9.25. The van der Waals surface area contributed by atoms with Crippen molar-refractivity contribution in [3.8, 4) is 0 Å². The molecule has 0 saturated carbocycles. The molecule has 0 aliphatic carbocycles. The molecule has 0 aromatic rings. The van der Waals surface area contributed by atoms with E-state index in [-0.39, 0.29) is 12.0 Å². The monoisotopic (exact) mass is 200 g/mol. The van der Waals surface area contributed by atoms with Crippen LogP contribution in [0.3, 0.4) is 0 Å². The average Bonchev–Trinajstić information content (AvgIpc) is 2.18. The predicted molar refractivity (Wildman–Crippen MR) is 55.1 cm³/mol. The Bertz CT molecular complexity index is 195. The van der Waals surface area contributed by atoms with Gasteiger partial charge in [0.05, 0.1) is 6.10 Å². The summed E-state index contributed by atoms with van der Waals surface area (Å²) in [5.41, 5.74) is 0. The van der Waals surface area contributed by atoms with Gasteiger partial charge in [-0.1, -0.05) is 0 Å². The van der Waals surface area contributed by atoms with Crippen molar-refractivity contribution in [2.45, 2.75) is 18.9 Å². The molecule has 82 valence electrons. The first-order valence-corrected chi connectivity index (χ1v) is 5.08. The molecule has 1 saturated heterocycles. The van der Waals surface area contributed by atoms with E-state index in [1.807, 2.05) is 0 Å². The van der Waals surface area contributed by atoms with Gasteiger partial charge in [0.25, 0.3) is 0 Å². The maximum Gasteiger partial charge on any atom is 0.222 e. The molecular weight excluding hydrogens is 180 g/mol. The lowest BCUT2D eigenvalue weighted by atomic mass is 9.92. The molecule has 4 nitrogen and oxygen atoms in total. The van der Waals surface area contributed by atoms with Crippen LogP contribution in [-0.4, -0.2) is 51.2 Å². The van der Waals surface area contributed by atoms with E-state index < -0.39 is 0 Å². The lowest BCUT2D eigenvalue weighted by molar-refractivity contribution is -0.131. The second-order valence-corrected chi connectivity index (χ2v) is 4.02. The molecule has 0 aromatic heterocycles. The van der Waals surface area contributed by atoms with Crippen LogP contribution >= 0.6 is 0 Å². The summed E-state index contributed by atoms with van der Waals surface area (Å²) in [7, 11) is 5.31. The highest BCUT2D eigenvalue weighted by molar-refractivity contribution is 5.75. The molecule has 0 aromatic carbocycles. The van der Waals surface area contributed by atoms with Crippen molar-refractivity contribution >= 4 is 5.91 Å². The summed E-state index contributed by atoms with van der Waals surface area (Å²) >= 11 is 0. The van der Waals surface area contributed by atoms with Gasteiger partial charge >= 0.3 is 0 Å². The van der Waals surface area contributed by atoms with E-state index in [0.717, 1.165) is 19.5 Å². The van der Waals surface area contributed by atoms with Crippen LogP contribution in [-0.2, 0) is 9.53 Å². The molecule has 14 heavy (non-hydrogen) atoms. The molecule has 1 aliphatic rings. The third-order valence-corrected chi connectivity index (χ3v) is 2.78. The first-order chi connectivity index (χ1) is 6.65. The summed E-state index contributed by atoms with van der Waals surface area (Å²) in [6, 6.07) is 0. The van der Waals surface area contributed by atoms with Crippen LogP contribution in [0.5, 0.6) is 0 Å².